The molecular weight excluding hydrogens is 386 g/mol. The van der Waals surface area contributed by atoms with Crippen molar-refractivity contribution < 1.29 is 4.79 Å². The fraction of sp³-hybridized carbons (Fsp3) is 0.294. The number of carbonyl (C=O) groups excluding carboxylic acids is 1. The van der Waals surface area contributed by atoms with Crippen LogP contribution in [0, 0.1) is 0 Å². The Bertz CT molecular complexity index is 882. The van der Waals surface area contributed by atoms with Crippen LogP contribution < -0.4 is 5.32 Å². The standard InChI is InChI=1S/C17H19N5OS3/c1-4-6-22-15(12-8-13(11(2)3)25-9-12)20-21-17(22)26-10-14(23)19-16-18-5-7-24-16/h4-5,7-9,11H,1,6,10H2,2-3H3,(H,18,19,23). The molecule has 26 heavy (non-hydrogen) atoms. The van der Waals surface area contributed by atoms with Crippen molar-refractivity contribution in [2.45, 2.75) is 31.5 Å². The van der Waals surface area contributed by atoms with Crippen molar-refractivity contribution in [1.29, 1.82) is 0 Å². The van der Waals surface area contributed by atoms with Crippen LogP contribution in [0.2, 0.25) is 0 Å². The minimum Gasteiger partial charge on any atom is -0.301 e. The Morgan fingerprint density at radius 2 is 2.27 bits per heavy atom. The van der Waals surface area contributed by atoms with Gasteiger partial charge in [-0.25, -0.2) is 4.98 Å². The normalized spacial score (nSPS) is 11.0. The van der Waals surface area contributed by atoms with E-state index in [1.54, 1.807) is 17.5 Å². The largest absolute Gasteiger partial charge is 0.301 e. The van der Waals surface area contributed by atoms with Crippen LogP contribution in [0.25, 0.3) is 11.4 Å². The van der Waals surface area contributed by atoms with E-state index in [1.165, 1.54) is 28.0 Å². The quantitative estimate of drug-likeness (QED) is 0.441. The van der Waals surface area contributed by atoms with Gasteiger partial charge in [0.05, 0.1) is 5.75 Å². The second-order valence-electron chi connectivity index (χ2n) is 5.77. The fourth-order valence-corrected chi connectivity index (χ4v) is 4.44. The molecule has 0 saturated heterocycles. The maximum atomic E-state index is 12.1. The molecule has 6 nitrogen and oxygen atoms in total. The van der Waals surface area contributed by atoms with E-state index in [2.05, 4.69) is 52.4 Å². The van der Waals surface area contributed by atoms with Gasteiger partial charge < -0.3 is 5.32 Å². The van der Waals surface area contributed by atoms with Gasteiger partial charge in [-0.3, -0.25) is 9.36 Å². The molecule has 9 heteroatoms. The smallest absolute Gasteiger partial charge is 0.236 e. The summed E-state index contributed by atoms with van der Waals surface area (Å²) in [5, 5.41) is 16.6. The number of carbonyl (C=O) groups is 1. The lowest BCUT2D eigenvalue weighted by molar-refractivity contribution is -0.113. The number of anilines is 1. The maximum absolute atomic E-state index is 12.1. The van der Waals surface area contributed by atoms with Gasteiger partial charge in [0.25, 0.3) is 0 Å². The molecule has 0 aliphatic rings. The Morgan fingerprint density at radius 1 is 1.42 bits per heavy atom. The molecule has 0 aromatic carbocycles. The Labute approximate surface area is 164 Å². The van der Waals surface area contributed by atoms with Gasteiger partial charge in [0, 0.05) is 33.9 Å². The molecule has 3 rings (SSSR count). The third kappa shape index (κ3) is 4.40. The molecule has 0 aliphatic carbocycles. The predicted octanol–water partition coefficient (Wildman–Crippen LogP) is 4.50. The summed E-state index contributed by atoms with van der Waals surface area (Å²) in [6, 6.07) is 2.16. The van der Waals surface area contributed by atoms with Crippen LogP contribution in [0.4, 0.5) is 5.13 Å². The number of hydrogen-bond donors (Lipinski definition) is 1. The number of thiophene rings is 1. The van der Waals surface area contributed by atoms with E-state index in [0.717, 1.165) is 11.4 Å². The molecule has 0 aliphatic heterocycles. The van der Waals surface area contributed by atoms with Gasteiger partial charge in [0.1, 0.15) is 0 Å². The average molecular weight is 406 g/mol. The van der Waals surface area contributed by atoms with E-state index >= 15 is 0 Å². The first-order valence-electron chi connectivity index (χ1n) is 8.03. The number of nitrogens with zero attached hydrogens (tertiary/aromatic N) is 4. The average Bonchev–Trinajstić information content (AvgIpc) is 3.34. The summed E-state index contributed by atoms with van der Waals surface area (Å²) in [7, 11) is 0. The molecule has 0 radical (unpaired) electrons. The molecule has 0 unspecified atom stereocenters. The van der Waals surface area contributed by atoms with Gasteiger partial charge in [0.2, 0.25) is 5.91 Å². The number of allylic oxidation sites excluding steroid dienone is 1. The molecular formula is C17H19N5OS3. The number of hydrogen-bond acceptors (Lipinski definition) is 7. The van der Waals surface area contributed by atoms with Crippen LogP contribution in [0.5, 0.6) is 0 Å². The molecule has 0 fully saturated rings. The number of aromatic nitrogens is 4. The number of nitrogens with one attached hydrogen (secondary N) is 1. The van der Waals surface area contributed by atoms with Gasteiger partial charge >= 0.3 is 0 Å². The second kappa shape index (κ2) is 8.61. The zero-order valence-electron chi connectivity index (χ0n) is 14.5. The Balaban J connectivity index is 1.74. The minimum atomic E-state index is -0.114. The van der Waals surface area contributed by atoms with Crippen molar-refractivity contribution in [3.63, 3.8) is 0 Å². The molecule has 3 aromatic heterocycles. The van der Waals surface area contributed by atoms with Gasteiger partial charge in [-0.1, -0.05) is 31.7 Å². The highest BCUT2D eigenvalue weighted by Crippen LogP contribution is 2.31. The Hall–Kier alpha value is -1.97. The zero-order valence-corrected chi connectivity index (χ0v) is 17.0. The van der Waals surface area contributed by atoms with Gasteiger partial charge in [0.15, 0.2) is 16.1 Å². The first-order chi connectivity index (χ1) is 12.6. The van der Waals surface area contributed by atoms with E-state index in [1.807, 2.05) is 16.0 Å². The lowest BCUT2D eigenvalue weighted by atomic mass is 10.1. The van der Waals surface area contributed by atoms with Crippen molar-refractivity contribution >= 4 is 45.5 Å². The van der Waals surface area contributed by atoms with Crippen molar-refractivity contribution in [3.8, 4) is 11.4 Å². The van der Waals surface area contributed by atoms with Crippen LogP contribution in [0.1, 0.15) is 24.6 Å². The van der Waals surface area contributed by atoms with E-state index in [9.17, 15) is 4.79 Å². The molecule has 0 saturated carbocycles. The van der Waals surface area contributed by atoms with Crippen LogP contribution in [0.15, 0.2) is 40.8 Å². The lowest BCUT2D eigenvalue weighted by Gasteiger charge is -2.06. The first-order valence-corrected chi connectivity index (χ1v) is 10.8. The molecule has 0 bridgehead atoms. The minimum absolute atomic E-state index is 0.114. The summed E-state index contributed by atoms with van der Waals surface area (Å²) in [5.41, 5.74) is 1.05. The van der Waals surface area contributed by atoms with E-state index in [0.29, 0.717) is 22.8 Å². The van der Waals surface area contributed by atoms with Crippen LogP contribution in [-0.2, 0) is 11.3 Å². The SMILES string of the molecule is C=CCn1c(SCC(=O)Nc2nccs2)nnc1-c1csc(C(C)C)c1. The van der Waals surface area contributed by atoms with Gasteiger partial charge in [-0.05, 0) is 12.0 Å². The second-order valence-corrected chi connectivity index (χ2v) is 8.55. The van der Waals surface area contributed by atoms with Crippen LogP contribution >= 0.6 is 34.4 Å². The van der Waals surface area contributed by atoms with Gasteiger partial charge in [-0.2, -0.15) is 0 Å². The number of thioether (sulfide) groups is 1. The van der Waals surface area contributed by atoms with Crippen molar-refractivity contribution in [1.82, 2.24) is 19.7 Å². The summed E-state index contributed by atoms with van der Waals surface area (Å²) in [6.45, 7) is 8.76. The Morgan fingerprint density at radius 3 is 2.92 bits per heavy atom. The monoisotopic (exact) mass is 405 g/mol. The maximum Gasteiger partial charge on any atom is 0.236 e. The van der Waals surface area contributed by atoms with Gasteiger partial charge in [-0.15, -0.1) is 39.4 Å². The van der Waals surface area contributed by atoms with E-state index in [-0.39, 0.29) is 11.7 Å². The first kappa shape index (κ1) is 18.8. The summed E-state index contributed by atoms with van der Waals surface area (Å²) >= 11 is 4.47. The number of amides is 1. The molecule has 3 heterocycles. The highest BCUT2D eigenvalue weighted by molar-refractivity contribution is 7.99. The summed E-state index contributed by atoms with van der Waals surface area (Å²) < 4.78 is 1.99. The number of thiazole rings is 1. The zero-order chi connectivity index (χ0) is 18.5. The van der Waals surface area contributed by atoms with E-state index < -0.39 is 0 Å². The third-order valence-electron chi connectivity index (χ3n) is 3.49. The molecule has 0 atom stereocenters. The third-order valence-corrected chi connectivity index (χ3v) is 6.38. The molecule has 1 N–H and O–H groups in total. The van der Waals surface area contributed by atoms with Crippen LogP contribution in [-0.4, -0.2) is 31.4 Å². The lowest BCUT2D eigenvalue weighted by Crippen LogP contribution is -2.14. The van der Waals surface area contributed by atoms with Crippen molar-refractivity contribution in [3.05, 3.63) is 40.6 Å². The van der Waals surface area contributed by atoms with Crippen LogP contribution in [0.3, 0.4) is 0 Å². The summed E-state index contributed by atoms with van der Waals surface area (Å²) in [4.78, 5) is 17.4. The molecule has 0 spiro atoms. The summed E-state index contributed by atoms with van der Waals surface area (Å²) in [5.74, 6) is 1.41. The highest BCUT2D eigenvalue weighted by Gasteiger charge is 2.17. The predicted molar refractivity (Wildman–Crippen MR) is 109 cm³/mol. The molecule has 136 valence electrons. The Kier molecular flexibility index (Phi) is 6.23. The number of rotatable bonds is 8. The molecule has 3 aromatic rings. The topological polar surface area (TPSA) is 72.7 Å². The highest BCUT2D eigenvalue weighted by atomic mass is 32.2. The van der Waals surface area contributed by atoms with Crippen molar-refractivity contribution in [2.75, 3.05) is 11.1 Å². The van der Waals surface area contributed by atoms with E-state index in [4.69, 9.17) is 0 Å². The molecule has 1 amide bonds. The van der Waals surface area contributed by atoms with Crippen molar-refractivity contribution in [2.24, 2.45) is 0 Å². The summed E-state index contributed by atoms with van der Waals surface area (Å²) in [6.07, 6.45) is 3.47. The fourth-order valence-electron chi connectivity index (χ4n) is 2.25.